The van der Waals surface area contributed by atoms with Crippen LogP contribution >= 0.6 is 23.2 Å². The molecule has 0 saturated carbocycles. The number of carbonyl (C=O) groups is 2. The third-order valence-corrected chi connectivity index (χ3v) is 5.27. The Kier molecular flexibility index (Phi) is 7.02. The molecule has 12 nitrogen and oxygen atoms in total. The Morgan fingerprint density at radius 1 is 1.30 bits per heavy atom. The maximum absolute atomic E-state index is 12.0. The summed E-state index contributed by atoms with van der Waals surface area (Å²) >= 11 is 11.8. The highest BCUT2D eigenvalue weighted by molar-refractivity contribution is 7.89. The Labute approximate surface area is 180 Å². The maximum Gasteiger partial charge on any atom is 0.328 e. The third-order valence-electron chi connectivity index (χ3n) is 3.78. The first-order chi connectivity index (χ1) is 13.8. The fourth-order valence-electron chi connectivity index (χ4n) is 2.43. The number of rotatable bonds is 7. The summed E-state index contributed by atoms with van der Waals surface area (Å²) in [5, 5.41) is 21.8. The number of primary sulfonamides is 1. The molecule has 0 atom stereocenters. The summed E-state index contributed by atoms with van der Waals surface area (Å²) in [7, 11) is -4.06. The van der Waals surface area contributed by atoms with Crippen LogP contribution in [0, 0.1) is 24.0 Å². The summed E-state index contributed by atoms with van der Waals surface area (Å²) in [6.07, 6.45) is 0. The molecule has 0 aliphatic rings. The first-order valence-electron chi connectivity index (χ1n) is 7.97. The van der Waals surface area contributed by atoms with Crippen molar-refractivity contribution in [3.05, 3.63) is 43.7 Å². The maximum atomic E-state index is 12.0. The molecular weight excluding hydrogens is 465 g/mol. The average molecular weight is 480 g/mol. The number of nitro groups is 1. The minimum Gasteiger partial charge on any atom is -0.454 e. The summed E-state index contributed by atoms with van der Waals surface area (Å²) in [5.41, 5.74) is -0.0172. The predicted molar refractivity (Wildman–Crippen MR) is 106 cm³/mol. The van der Waals surface area contributed by atoms with Crippen molar-refractivity contribution < 1.29 is 27.7 Å². The fraction of sp³-hybridized carbons (Fsp3) is 0.267. The first kappa shape index (κ1) is 23.5. The normalized spacial score (nSPS) is 11.2. The molecule has 0 saturated heterocycles. The molecule has 0 fully saturated rings. The smallest absolute Gasteiger partial charge is 0.328 e. The molecule has 1 aromatic heterocycles. The molecule has 162 valence electrons. The van der Waals surface area contributed by atoms with E-state index < -0.39 is 40.0 Å². The summed E-state index contributed by atoms with van der Waals surface area (Å²) in [5.74, 6) is -1.68. The number of amides is 1. The highest BCUT2D eigenvalue weighted by atomic mass is 35.5. The molecule has 15 heteroatoms. The molecule has 0 bridgehead atoms. The number of anilines is 1. The standard InChI is InChI=1S/C15H15Cl2N5O7S/c1-7-15(22(25)26)8(2)21(20-7)5-13(24)29-6-12(23)19-14-10(16)3-9(4-11(14)17)30(18,27)28/h3-4H,5-6H2,1-2H3,(H,19,23)(H2,18,27,28). The lowest BCUT2D eigenvalue weighted by atomic mass is 10.3. The van der Waals surface area contributed by atoms with Crippen LogP contribution in [-0.4, -0.2) is 41.6 Å². The molecule has 0 spiro atoms. The molecule has 0 aliphatic carbocycles. The van der Waals surface area contributed by atoms with Crippen LogP contribution in [0.4, 0.5) is 11.4 Å². The number of hydrogen-bond donors (Lipinski definition) is 2. The van der Waals surface area contributed by atoms with Crippen molar-refractivity contribution >= 4 is 56.5 Å². The van der Waals surface area contributed by atoms with Crippen molar-refractivity contribution in [2.24, 2.45) is 5.14 Å². The number of hydrogen-bond acceptors (Lipinski definition) is 8. The number of benzene rings is 1. The second-order valence-electron chi connectivity index (χ2n) is 5.95. The molecule has 2 aromatic rings. The highest BCUT2D eigenvalue weighted by Crippen LogP contribution is 2.33. The molecule has 1 aromatic carbocycles. The lowest BCUT2D eigenvalue weighted by Crippen LogP contribution is -2.24. The van der Waals surface area contributed by atoms with Gasteiger partial charge in [-0.1, -0.05) is 23.2 Å². The molecule has 2 rings (SSSR count). The Bertz CT molecular complexity index is 1120. The lowest BCUT2D eigenvalue weighted by molar-refractivity contribution is -0.386. The van der Waals surface area contributed by atoms with E-state index in [-0.39, 0.29) is 37.7 Å². The summed E-state index contributed by atoms with van der Waals surface area (Å²) < 4.78 is 28.6. The van der Waals surface area contributed by atoms with Crippen LogP contribution in [0.2, 0.25) is 10.0 Å². The topological polar surface area (TPSA) is 177 Å². The van der Waals surface area contributed by atoms with Crippen molar-refractivity contribution in [2.75, 3.05) is 11.9 Å². The number of carbonyl (C=O) groups excluding carboxylic acids is 2. The zero-order chi connectivity index (χ0) is 22.8. The van der Waals surface area contributed by atoms with Gasteiger partial charge in [0.15, 0.2) is 6.61 Å². The second-order valence-corrected chi connectivity index (χ2v) is 8.33. The van der Waals surface area contributed by atoms with Crippen LogP contribution < -0.4 is 10.5 Å². The van der Waals surface area contributed by atoms with Crippen molar-refractivity contribution in [3.63, 3.8) is 0 Å². The summed E-state index contributed by atoms with van der Waals surface area (Å²) in [4.78, 5) is 34.0. The first-order valence-corrected chi connectivity index (χ1v) is 10.3. The van der Waals surface area contributed by atoms with Gasteiger partial charge in [0.25, 0.3) is 5.91 Å². The molecule has 0 unspecified atom stereocenters. The van der Waals surface area contributed by atoms with Crippen LogP contribution in [-0.2, 0) is 30.9 Å². The van der Waals surface area contributed by atoms with Crippen molar-refractivity contribution in [2.45, 2.75) is 25.3 Å². The number of sulfonamides is 1. The molecule has 1 amide bonds. The summed E-state index contributed by atoms with van der Waals surface area (Å²) in [6.45, 7) is 1.69. The van der Waals surface area contributed by atoms with E-state index in [0.29, 0.717) is 0 Å². The van der Waals surface area contributed by atoms with E-state index in [1.54, 1.807) is 0 Å². The van der Waals surface area contributed by atoms with Gasteiger partial charge >= 0.3 is 11.7 Å². The molecule has 1 heterocycles. The monoisotopic (exact) mass is 479 g/mol. The Hall–Kier alpha value is -2.74. The predicted octanol–water partition coefficient (Wildman–Crippen LogP) is 1.54. The van der Waals surface area contributed by atoms with Crippen LogP contribution in [0.15, 0.2) is 17.0 Å². The number of halogens is 2. The fourth-order valence-corrected chi connectivity index (χ4v) is 3.70. The van der Waals surface area contributed by atoms with Gasteiger partial charge in [-0.25, -0.2) is 13.6 Å². The van der Waals surface area contributed by atoms with Crippen molar-refractivity contribution in [1.29, 1.82) is 0 Å². The van der Waals surface area contributed by atoms with Gasteiger partial charge in [-0.05, 0) is 26.0 Å². The van der Waals surface area contributed by atoms with Crippen LogP contribution in [0.25, 0.3) is 0 Å². The molecule has 0 aliphatic heterocycles. The Balaban J connectivity index is 2.01. The van der Waals surface area contributed by atoms with Gasteiger partial charge in [-0.15, -0.1) is 0 Å². The number of ether oxygens (including phenoxy) is 1. The number of nitrogens with two attached hydrogens (primary N) is 1. The van der Waals surface area contributed by atoms with Gasteiger partial charge in [0.05, 0.1) is 25.6 Å². The Morgan fingerprint density at radius 3 is 2.33 bits per heavy atom. The quantitative estimate of drug-likeness (QED) is 0.341. The SMILES string of the molecule is Cc1nn(CC(=O)OCC(=O)Nc2c(Cl)cc(S(N)(=O)=O)cc2Cl)c(C)c1[N+](=O)[O-]. The summed E-state index contributed by atoms with van der Waals surface area (Å²) in [6, 6.07) is 2.00. The lowest BCUT2D eigenvalue weighted by Gasteiger charge is -2.11. The highest BCUT2D eigenvalue weighted by Gasteiger charge is 2.23. The van der Waals surface area contributed by atoms with E-state index in [2.05, 4.69) is 10.4 Å². The number of aromatic nitrogens is 2. The van der Waals surface area contributed by atoms with Crippen LogP contribution in [0.5, 0.6) is 0 Å². The van der Waals surface area contributed by atoms with Gasteiger partial charge in [0.1, 0.15) is 17.9 Å². The largest absolute Gasteiger partial charge is 0.454 e. The van der Waals surface area contributed by atoms with E-state index >= 15 is 0 Å². The minimum absolute atomic E-state index is 0.0963. The number of nitrogens with one attached hydrogen (secondary N) is 1. The molecule has 30 heavy (non-hydrogen) atoms. The average Bonchev–Trinajstić information content (AvgIpc) is 2.88. The minimum atomic E-state index is -4.06. The van der Waals surface area contributed by atoms with E-state index in [1.807, 2.05) is 0 Å². The van der Waals surface area contributed by atoms with E-state index in [1.165, 1.54) is 13.8 Å². The third kappa shape index (κ3) is 5.44. The number of aryl methyl sites for hydroxylation is 1. The van der Waals surface area contributed by atoms with Gasteiger partial charge < -0.3 is 10.1 Å². The number of esters is 1. The van der Waals surface area contributed by atoms with E-state index in [4.69, 9.17) is 33.1 Å². The van der Waals surface area contributed by atoms with E-state index in [0.717, 1.165) is 16.8 Å². The second kappa shape index (κ2) is 8.95. The number of nitrogens with zero attached hydrogens (tertiary/aromatic N) is 3. The molecule has 3 N–H and O–H groups in total. The van der Waals surface area contributed by atoms with Gasteiger partial charge in [-0.2, -0.15) is 5.10 Å². The van der Waals surface area contributed by atoms with Gasteiger partial charge in [0, 0.05) is 0 Å². The van der Waals surface area contributed by atoms with E-state index in [9.17, 15) is 28.1 Å². The van der Waals surface area contributed by atoms with Gasteiger partial charge in [0.2, 0.25) is 10.0 Å². The van der Waals surface area contributed by atoms with Crippen molar-refractivity contribution in [3.8, 4) is 0 Å². The van der Waals surface area contributed by atoms with Crippen LogP contribution in [0.1, 0.15) is 11.4 Å². The Morgan fingerprint density at radius 2 is 1.87 bits per heavy atom. The van der Waals surface area contributed by atoms with Crippen LogP contribution in [0.3, 0.4) is 0 Å². The van der Waals surface area contributed by atoms with Gasteiger partial charge in [-0.3, -0.25) is 24.4 Å². The molecule has 0 radical (unpaired) electrons. The zero-order valence-electron chi connectivity index (χ0n) is 15.5. The molecular formula is C15H15Cl2N5O7S. The van der Waals surface area contributed by atoms with Crippen molar-refractivity contribution in [1.82, 2.24) is 9.78 Å². The zero-order valence-corrected chi connectivity index (χ0v) is 17.8.